The van der Waals surface area contributed by atoms with Gasteiger partial charge in [0.15, 0.2) is 0 Å². The molecule has 8 nitrogen and oxygen atoms in total. The van der Waals surface area contributed by atoms with Crippen molar-refractivity contribution in [3.05, 3.63) is 28.4 Å². The molecule has 0 aliphatic carbocycles. The molecule has 0 fully saturated rings. The third-order valence-corrected chi connectivity index (χ3v) is 3.41. The molecule has 1 aromatic heterocycles. The highest BCUT2D eigenvalue weighted by atomic mass is 35.5. The lowest BCUT2D eigenvalue weighted by atomic mass is 9.99. The van der Waals surface area contributed by atoms with E-state index in [4.69, 9.17) is 21.9 Å². The van der Waals surface area contributed by atoms with E-state index in [9.17, 15) is 13.2 Å². The number of amides is 1. The first-order valence-electron chi connectivity index (χ1n) is 6.26. The van der Waals surface area contributed by atoms with Crippen LogP contribution in [-0.2, 0) is 27.9 Å². The summed E-state index contributed by atoms with van der Waals surface area (Å²) in [7, 11) is -3.67. The van der Waals surface area contributed by atoms with Gasteiger partial charge in [-0.2, -0.15) is 13.5 Å². The maximum atomic E-state index is 11.5. The fourth-order valence-electron chi connectivity index (χ4n) is 2.21. The van der Waals surface area contributed by atoms with Gasteiger partial charge in [-0.25, -0.2) is 0 Å². The number of aromatic nitrogens is 2. The van der Waals surface area contributed by atoms with Crippen molar-refractivity contribution in [2.75, 3.05) is 6.26 Å². The summed E-state index contributed by atoms with van der Waals surface area (Å²) in [6.45, 7) is 0.467. The van der Waals surface area contributed by atoms with Gasteiger partial charge in [0.05, 0.1) is 29.0 Å². The lowest BCUT2D eigenvalue weighted by Crippen LogP contribution is -2.39. The van der Waals surface area contributed by atoms with Crippen LogP contribution < -0.4 is 11.1 Å². The van der Waals surface area contributed by atoms with Gasteiger partial charge in [0.2, 0.25) is 5.91 Å². The minimum absolute atomic E-state index is 0.131. The molecule has 5 N–H and O–H groups in total. The lowest BCUT2D eigenvalue weighted by molar-refractivity contribution is -0.122. The van der Waals surface area contributed by atoms with E-state index in [-0.39, 0.29) is 5.91 Å². The highest BCUT2D eigenvalue weighted by Gasteiger charge is 2.22. The Morgan fingerprint density at radius 3 is 2.77 bits per heavy atom. The van der Waals surface area contributed by atoms with Crippen LogP contribution in [0.2, 0.25) is 5.02 Å². The number of nitrogens with one attached hydrogen (secondary N) is 2. The van der Waals surface area contributed by atoms with Crippen molar-refractivity contribution in [3.63, 3.8) is 0 Å². The van der Waals surface area contributed by atoms with Crippen LogP contribution in [0, 0.1) is 0 Å². The minimum atomic E-state index is -3.67. The number of hydrogen-bond acceptors (Lipinski definition) is 5. The SMILES string of the molecule is CS(=O)(=O)O.NC1Cc2cc(Cl)c3[nH]ncc3c2CNC1=O. The number of rotatable bonds is 0. The van der Waals surface area contributed by atoms with Crippen molar-refractivity contribution in [2.24, 2.45) is 5.73 Å². The Labute approximate surface area is 131 Å². The maximum Gasteiger partial charge on any atom is 0.261 e. The summed E-state index contributed by atoms with van der Waals surface area (Å²) < 4.78 is 25.9. The molecule has 0 bridgehead atoms. The lowest BCUT2D eigenvalue weighted by Gasteiger charge is -2.08. The van der Waals surface area contributed by atoms with Crippen LogP contribution in [0.25, 0.3) is 10.9 Å². The molecular weight excluding hydrogens is 332 g/mol. The predicted octanol–water partition coefficient (Wildman–Crippen LogP) is 0.220. The van der Waals surface area contributed by atoms with E-state index in [0.29, 0.717) is 24.2 Å². The molecule has 1 aliphatic rings. The number of hydrogen-bond donors (Lipinski definition) is 4. The Balaban J connectivity index is 0.000000309. The first-order chi connectivity index (χ1) is 10.2. The molecule has 1 atom stereocenters. The summed E-state index contributed by atoms with van der Waals surface area (Å²) in [6, 6.07) is 1.34. The van der Waals surface area contributed by atoms with Crippen molar-refractivity contribution in [3.8, 4) is 0 Å². The van der Waals surface area contributed by atoms with Crippen LogP contribution in [0.15, 0.2) is 12.3 Å². The van der Waals surface area contributed by atoms with Crippen molar-refractivity contribution >= 4 is 38.5 Å². The van der Waals surface area contributed by atoms with Crippen LogP contribution in [0.3, 0.4) is 0 Å². The Hall–Kier alpha value is -1.68. The Kier molecular flexibility index (Phi) is 4.71. The zero-order valence-electron chi connectivity index (χ0n) is 11.6. The molecular formula is C12H15ClN4O4S. The normalized spacial score (nSPS) is 18.0. The quantitative estimate of drug-likeness (QED) is 0.503. The van der Waals surface area contributed by atoms with E-state index in [2.05, 4.69) is 15.5 Å². The summed E-state index contributed by atoms with van der Waals surface area (Å²) in [6.07, 6.45) is 2.94. The molecule has 22 heavy (non-hydrogen) atoms. The minimum Gasteiger partial charge on any atom is -0.351 e. The first kappa shape index (κ1) is 16.7. The van der Waals surface area contributed by atoms with Crippen LogP contribution in [0.5, 0.6) is 0 Å². The van der Waals surface area contributed by atoms with E-state index in [0.717, 1.165) is 22.0 Å². The Bertz CT molecular complexity index is 810. The van der Waals surface area contributed by atoms with Gasteiger partial charge in [0.25, 0.3) is 10.1 Å². The second-order valence-electron chi connectivity index (χ2n) is 4.92. The number of fused-ring (bicyclic) bond motifs is 3. The van der Waals surface area contributed by atoms with Crippen molar-refractivity contribution in [1.82, 2.24) is 15.5 Å². The molecule has 1 aromatic carbocycles. The number of benzene rings is 1. The molecule has 10 heteroatoms. The Morgan fingerprint density at radius 1 is 1.50 bits per heavy atom. The third-order valence-electron chi connectivity index (χ3n) is 3.11. The molecule has 0 saturated carbocycles. The van der Waals surface area contributed by atoms with E-state index >= 15 is 0 Å². The van der Waals surface area contributed by atoms with Gasteiger partial charge >= 0.3 is 0 Å². The van der Waals surface area contributed by atoms with Crippen LogP contribution in [0.4, 0.5) is 0 Å². The predicted molar refractivity (Wildman–Crippen MR) is 82.1 cm³/mol. The van der Waals surface area contributed by atoms with Gasteiger partial charge in [-0.1, -0.05) is 11.6 Å². The molecule has 1 unspecified atom stereocenters. The van der Waals surface area contributed by atoms with E-state index < -0.39 is 16.2 Å². The summed E-state index contributed by atoms with van der Waals surface area (Å²) in [5, 5.41) is 11.2. The monoisotopic (exact) mass is 346 g/mol. The zero-order valence-corrected chi connectivity index (χ0v) is 13.2. The number of carbonyl (C=O) groups is 1. The molecule has 1 aliphatic heterocycles. The second kappa shape index (κ2) is 6.21. The van der Waals surface area contributed by atoms with E-state index in [1.54, 1.807) is 6.20 Å². The number of carbonyl (C=O) groups excluding carboxylic acids is 1. The summed E-state index contributed by atoms with van der Waals surface area (Å²) in [5.74, 6) is -0.131. The number of aromatic amines is 1. The summed E-state index contributed by atoms with van der Waals surface area (Å²) in [5.41, 5.74) is 8.64. The van der Waals surface area contributed by atoms with Crippen LogP contribution in [0.1, 0.15) is 11.1 Å². The molecule has 1 amide bonds. The number of H-pyrrole nitrogens is 1. The number of nitrogens with two attached hydrogens (primary N) is 1. The maximum absolute atomic E-state index is 11.5. The molecule has 2 heterocycles. The highest BCUT2D eigenvalue weighted by molar-refractivity contribution is 7.85. The Morgan fingerprint density at radius 2 is 2.14 bits per heavy atom. The number of nitrogens with zero attached hydrogens (tertiary/aromatic N) is 1. The molecule has 3 rings (SSSR count). The van der Waals surface area contributed by atoms with Gasteiger partial charge in [0.1, 0.15) is 0 Å². The fourth-order valence-corrected chi connectivity index (χ4v) is 2.49. The van der Waals surface area contributed by atoms with Gasteiger partial charge < -0.3 is 11.1 Å². The van der Waals surface area contributed by atoms with Crippen LogP contribution in [-0.4, -0.2) is 41.4 Å². The van der Waals surface area contributed by atoms with Gasteiger partial charge in [-0.3, -0.25) is 14.4 Å². The van der Waals surface area contributed by atoms with Gasteiger partial charge in [0, 0.05) is 11.9 Å². The third kappa shape index (κ3) is 3.95. The average molecular weight is 347 g/mol. The fraction of sp³-hybridized carbons (Fsp3) is 0.333. The standard InChI is InChI=1S/C11H11ClN4O.CH4O3S/c12-8-1-5-2-9(13)11(17)14-3-6(5)7-4-15-16-10(7)8;1-5(2,3)4/h1,4,9H,2-3,13H2,(H,14,17)(H,15,16);1H3,(H,2,3,4). The van der Waals surface area contributed by atoms with Crippen molar-refractivity contribution < 1.29 is 17.8 Å². The smallest absolute Gasteiger partial charge is 0.261 e. The summed E-state index contributed by atoms with van der Waals surface area (Å²) in [4.78, 5) is 11.5. The van der Waals surface area contributed by atoms with Gasteiger partial charge in [-0.05, 0) is 23.6 Å². The molecule has 0 radical (unpaired) electrons. The van der Waals surface area contributed by atoms with Crippen molar-refractivity contribution in [2.45, 2.75) is 19.0 Å². The van der Waals surface area contributed by atoms with Crippen LogP contribution >= 0.6 is 11.6 Å². The first-order valence-corrected chi connectivity index (χ1v) is 8.48. The molecule has 0 spiro atoms. The van der Waals surface area contributed by atoms with E-state index in [1.165, 1.54) is 0 Å². The second-order valence-corrected chi connectivity index (χ2v) is 6.79. The van der Waals surface area contributed by atoms with Crippen molar-refractivity contribution in [1.29, 1.82) is 0 Å². The largest absolute Gasteiger partial charge is 0.351 e. The summed E-state index contributed by atoms with van der Waals surface area (Å²) >= 11 is 6.16. The van der Waals surface area contributed by atoms with Gasteiger partial charge in [-0.15, -0.1) is 0 Å². The zero-order chi connectivity index (χ0) is 16.5. The topological polar surface area (TPSA) is 138 Å². The number of halogens is 1. The average Bonchev–Trinajstić information content (AvgIpc) is 2.80. The molecule has 0 saturated heterocycles. The molecule has 120 valence electrons. The van der Waals surface area contributed by atoms with E-state index in [1.807, 2.05) is 6.07 Å². The highest BCUT2D eigenvalue weighted by Crippen LogP contribution is 2.29. The molecule has 2 aromatic rings.